The van der Waals surface area contributed by atoms with Gasteiger partial charge in [-0.15, -0.1) is 0 Å². The molecule has 68 valence electrons. The molecule has 0 fully saturated rings. The van der Waals surface area contributed by atoms with Crippen LogP contribution in [-0.4, -0.2) is 19.6 Å². The normalized spacial score (nSPS) is 15.0. The van der Waals surface area contributed by atoms with Crippen molar-refractivity contribution >= 4 is 0 Å². The molecule has 0 aliphatic rings. The Morgan fingerprint density at radius 1 is 1.45 bits per heavy atom. The average molecular weight is 158 g/mol. The Morgan fingerprint density at radius 3 is 2.27 bits per heavy atom. The lowest BCUT2D eigenvalue weighted by molar-refractivity contribution is 0.231. The van der Waals surface area contributed by atoms with E-state index in [1.807, 2.05) is 7.05 Å². The van der Waals surface area contributed by atoms with Gasteiger partial charge in [-0.05, 0) is 31.8 Å². The van der Waals surface area contributed by atoms with Crippen LogP contribution in [0.2, 0.25) is 0 Å². The third-order valence-electron chi connectivity index (χ3n) is 2.49. The first-order valence-corrected chi connectivity index (χ1v) is 4.45. The summed E-state index contributed by atoms with van der Waals surface area (Å²) in [6.07, 6.45) is 2.26. The molecular formula is C9H22N2. The van der Waals surface area contributed by atoms with Crippen LogP contribution in [0, 0.1) is 5.41 Å². The second-order valence-corrected chi connectivity index (χ2v) is 3.78. The average Bonchev–Trinajstić information content (AvgIpc) is 1.89. The topological polar surface area (TPSA) is 38.0 Å². The van der Waals surface area contributed by atoms with Crippen molar-refractivity contribution < 1.29 is 0 Å². The predicted molar refractivity (Wildman–Crippen MR) is 50.6 cm³/mol. The minimum atomic E-state index is 0.332. The van der Waals surface area contributed by atoms with Gasteiger partial charge in [0.25, 0.3) is 0 Å². The van der Waals surface area contributed by atoms with Crippen LogP contribution in [0.4, 0.5) is 0 Å². The molecule has 2 heteroatoms. The van der Waals surface area contributed by atoms with Gasteiger partial charge >= 0.3 is 0 Å². The molecule has 0 heterocycles. The van der Waals surface area contributed by atoms with Crippen LogP contribution in [0.1, 0.15) is 33.6 Å². The van der Waals surface area contributed by atoms with Crippen LogP contribution in [-0.2, 0) is 0 Å². The standard InChI is InChI=1S/C9H22N2/c1-5-8(11-4)9(2,3)6-7-10/h8,11H,5-7,10H2,1-4H3. The summed E-state index contributed by atoms with van der Waals surface area (Å²) >= 11 is 0. The molecular weight excluding hydrogens is 136 g/mol. The zero-order valence-electron chi connectivity index (χ0n) is 8.28. The monoisotopic (exact) mass is 158 g/mol. The third-order valence-corrected chi connectivity index (χ3v) is 2.49. The summed E-state index contributed by atoms with van der Waals surface area (Å²) < 4.78 is 0. The van der Waals surface area contributed by atoms with Crippen molar-refractivity contribution in [2.24, 2.45) is 11.1 Å². The van der Waals surface area contributed by atoms with Crippen molar-refractivity contribution in [1.29, 1.82) is 0 Å². The Labute approximate surface area is 70.5 Å². The van der Waals surface area contributed by atoms with Gasteiger partial charge in [-0.1, -0.05) is 20.8 Å². The maximum atomic E-state index is 5.53. The van der Waals surface area contributed by atoms with Gasteiger partial charge in [0.1, 0.15) is 0 Å². The Balaban J connectivity index is 4.00. The van der Waals surface area contributed by atoms with Crippen LogP contribution in [0.3, 0.4) is 0 Å². The molecule has 0 bridgehead atoms. The number of nitrogens with one attached hydrogen (secondary N) is 1. The van der Waals surface area contributed by atoms with Gasteiger partial charge in [-0.3, -0.25) is 0 Å². The van der Waals surface area contributed by atoms with Crippen molar-refractivity contribution in [3.8, 4) is 0 Å². The maximum absolute atomic E-state index is 5.53. The molecule has 0 aliphatic carbocycles. The molecule has 0 amide bonds. The summed E-state index contributed by atoms with van der Waals surface area (Å²) in [7, 11) is 2.02. The first kappa shape index (κ1) is 10.9. The Morgan fingerprint density at radius 2 is 2.00 bits per heavy atom. The van der Waals surface area contributed by atoms with Crippen LogP contribution in [0.25, 0.3) is 0 Å². The van der Waals surface area contributed by atoms with Gasteiger partial charge in [-0.25, -0.2) is 0 Å². The molecule has 0 saturated heterocycles. The molecule has 1 atom stereocenters. The van der Waals surface area contributed by atoms with Gasteiger partial charge in [0.15, 0.2) is 0 Å². The summed E-state index contributed by atoms with van der Waals surface area (Å²) in [4.78, 5) is 0. The van der Waals surface area contributed by atoms with E-state index >= 15 is 0 Å². The third kappa shape index (κ3) is 3.21. The number of hydrogen-bond donors (Lipinski definition) is 2. The van der Waals surface area contributed by atoms with Crippen LogP contribution < -0.4 is 11.1 Å². The molecule has 0 aliphatic heterocycles. The second-order valence-electron chi connectivity index (χ2n) is 3.78. The number of nitrogens with two attached hydrogens (primary N) is 1. The largest absolute Gasteiger partial charge is 0.330 e. The quantitative estimate of drug-likeness (QED) is 0.634. The highest BCUT2D eigenvalue weighted by molar-refractivity contribution is 4.82. The summed E-state index contributed by atoms with van der Waals surface area (Å²) in [5.41, 5.74) is 5.87. The minimum Gasteiger partial charge on any atom is -0.330 e. The molecule has 0 aromatic heterocycles. The molecule has 0 rings (SSSR count). The van der Waals surface area contributed by atoms with Gasteiger partial charge in [0, 0.05) is 6.04 Å². The molecule has 0 spiro atoms. The fraction of sp³-hybridized carbons (Fsp3) is 1.00. The van der Waals surface area contributed by atoms with E-state index in [2.05, 4.69) is 26.1 Å². The molecule has 1 unspecified atom stereocenters. The van der Waals surface area contributed by atoms with Crippen molar-refractivity contribution in [1.82, 2.24) is 5.32 Å². The number of rotatable bonds is 5. The molecule has 11 heavy (non-hydrogen) atoms. The van der Waals surface area contributed by atoms with Gasteiger partial charge in [-0.2, -0.15) is 0 Å². The summed E-state index contributed by atoms with van der Waals surface area (Å²) in [6.45, 7) is 7.53. The van der Waals surface area contributed by atoms with E-state index in [1.165, 1.54) is 6.42 Å². The minimum absolute atomic E-state index is 0.332. The first-order valence-electron chi connectivity index (χ1n) is 4.45. The Bertz CT molecular complexity index is 95.7. The fourth-order valence-corrected chi connectivity index (χ4v) is 1.69. The highest BCUT2D eigenvalue weighted by Gasteiger charge is 2.25. The van der Waals surface area contributed by atoms with Crippen LogP contribution >= 0.6 is 0 Å². The van der Waals surface area contributed by atoms with E-state index in [1.54, 1.807) is 0 Å². The SMILES string of the molecule is CCC(NC)C(C)(C)CCN. The summed E-state index contributed by atoms with van der Waals surface area (Å²) in [5, 5.41) is 3.32. The Hall–Kier alpha value is -0.0800. The summed E-state index contributed by atoms with van der Waals surface area (Å²) in [5.74, 6) is 0. The molecule has 3 N–H and O–H groups in total. The van der Waals surface area contributed by atoms with Crippen molar-refractivity contribution in [2.45, 2.75) is 39.7 Å². The highest BCUT2D eigenvalue weighted by atomic mass is 14.9. The van der Waals surface area contributed by atoms with E-state index in [-0.39, 0.29) is 0 Å². The molecule has 0 aromatic rings. The molecule has 0 aromatic carbocycles. The van der Waals surface area contributed by atoms with Crippen LogP contribution in [0.5, 0.6) is 0 Å². The van der Waals surface area contributed by atoms with E-state index in [0.717, 1.165) is 13.0 Å². The molecule has 0 saturated carbocycles. The van der Waals surface area contributed by atoms with Crippen LogP contribution in [0.15, 0.2) is 0 Å². The van der Waals surface area contributed by atoms with E-state index in [4.69, 9.17) is 5.73 Å². The second kappa shape index (κ2) is 4.73. The van der Waals surface area contributed by atoms with Crippen molar-refractivity contribution in [3.63, 3.8) is 0 Å². The molecule has 0 radical (unpaired) electrons. The lowest BCUT2D eigenvalue weighted by Crippen LogP contribution is -2.40. The zero-order valence-corrected chi connectivity index (χ0v) is 8.28. The zero-order chi connectivity index (χ0) is 8.91. The van der Waals surface area contributed by atoms with Gasteiger partial charge in [0.05, 0.1) is 0 Å². The predicted octanol–water partition coefficient (Wildman–Crippen LogP) is 1.36. The Kier molecular flexibility index (Phi) is 4.69. The number of hydrogen-bond acceptors (Lipinski definition) is 2. The highest BCUT2D eigenvalue weighted by Crippen LogP contribution is 2.25. The smallest absolute Gasteiger partial charge is 0.0113 e. The van der Waals surface area contributed by atoms with Gasteiger partial charge < -0.3 is 11.1 Å². The molecule has 2 nitrogen and oxygen atoms in total. The van der Waals surface area contributed by atoms with Gasteiger partial charge in [0.2, 0.25) is 0 Å². The lowest BCUT2D eigenvalue weighted by atomic mass is 9.80. The van der Waals surface area contributed by atoms with E-state index < -0.39 is 0 Å². The fourth-order valence-electron chi connectivity index (χ4n) is 1.69. The first-order chi connectivity index (χ1) is 5.08. The lowest BCUT2D eigenvalue weighted by Gasteiger charge is -2.33. The van der Waals surface area contributed by atoms with E-state index in [9.17, 15) is 0 Å². The summed E-state index contributed by atoms with van der Waals surface area (Å²) in [6, 6.07) is 0.589. The maximum Gasteiger partial charge on any atom is 0.0113 e. The van der Waals surface area contributed by atoms with Crippen molar-refractivity contribution in [3.05, 3.63) is 0 Å². The van der Waals surface area contributed by atoms with E-state index in [0.29, 0.717) is 11.5 Å². The van der Waals surface area contributed by atoms with Crippen molar-refractivity contribution in [2.75, 3.05) is 13.6 Å².